The van der Waals surface area contributed by atoms with Crippen LogP contribution in [0.2, 0.25) is 0 Å². The predicted octanol–water partition coefficient (Wildman–Crippen LogP) is 1.98. The van der Waals surface area contributed by atoms with Crippen LogP contribution >= 0.6 is 15.9 Å². The molecule has 118 valence electrons. The van der Waals surface area contributed by atoms with E-state index in [0.717, 1.165) is 6.26 Å². The Morgan fingerprint density at radius 2 is 2.05 bits per heavy atom. The summed E-state index contributed by atoms with van der Waals surface area (Å²) in [5.74, 6) is -0.511. The van der Waals surface area contributed by atoms with Crippen LogP contribution in [0.5, 0.6) is 5.75 Å². The lowest BCUT2D eigenvalue weighted by Gasteiger charge is -2.28. The average Bonchev–Trinajstić information content (AvgIpc) is 2.46. The zero-order chi connectivity index (χ0) is 16.4. The fourth-order valence-corrected chi connectivity index (χ4v) is 3.07. The summed E-state index contributed by atoms with van der Waals surface area (Å²) in [6.45, 7) is 0. The maximum atomic E-state index is 12.0. The number of dihydropyridines is 1. The quantitative estimate of drug-likeness (QED) is 0.483. The first-order valence-corrected chi connectivity index (χ1v) is 8.86. The summed E-state index contributed by atoms with van der Waals surface area (Å²) in [6.07, 6.45) is 7.88. The fraction of sp³-hybridized carbons (Fsp3) is 0.214. The number of hydrogen-bond donors (Lipinski definition) is 1. The van der Waals surface area contributed by atoms with Gasteiger partial charge in [-0.1, -0.05) is 6.08 Å². The average molecular weight is 388 g/mol. The zero-order valence-corrected chi connectivity index (χ0v) is 14.3. The van der Waals surface area contributed by atoms with Crippen LogP contribution in [0, 0.1) is 0 Å². The number of methoxy groups -OCH3 is 1. The van der Waals surface area contributed by atoms with Crippen molar-refractivity contribution in [3.63, 3.8) is 0 Å². The summed E-state index contributed by atoms with van der Waals surface area (Å²) in [5, 5.41) is 2.91. The molecule has 1 aromatic carbocycles. The van der Waals surface area contributed by atoms with Gasteiger partial charge >= 0.3 is 5.97 Å². The first-order valence-electron chi connectivity index (χ1n) is 6.17. The van der Waals surface area contributed by atoms with Crippen molar-refractivity contribution in [1.82, 2.24) is 5.32 Å². The number of nitrogens with one attached hydrogen (secondary N) is 1. The Kier molecular flexibility index (Phi) is 4.62. The standard InChI is InChI=1S/C14H14BrNO5S/c1-20-13(17)10-5-6-11(12(9-10)22(2,18)19)21-14(15)7-3-4-8-16-14/h3-9,16H,1-2H3. The van der Waals surface area contributed by atoms with Gasteiger partial charge in [0.15, 0.2) is 9.84 Å². The van der Waals surface area contributed by atoms with Crippen LogP contribution in [0.3, 0.4) is 0 Å². The summed E-state index contributed by atoms with van der Waals surface area (Å²) in [6, 6.07) is 4.09. The van der Waals surface area contributed by atoms with E-state index < -0.39 is 20.4 Å². The molecule has 0 spiro atoms. The Labute approximate surface area is 136 Å². The second-order valence-corrected chi connectivity index (χ2v) is 7.70. The highest BCUT2D eigenvalue weighted by molar-refractivity contribution is 9.10. The number of carbonyl (C=O) groups is 1. The van der Waals surface area contributed by atoms with Gasteiger partial charge in [-0.2, -0.15) is 0 Å². The Balaban J connectivity index is 2.45. The zero-order valence-electron chi connectivity index (χ0n) is 11.9. The summed E-state index contributed by atoms with van der Waals surface area (Å²) >= 11 is 3.34. The number of carbonyl (C=O) groups excluding carboxylic acids is 1. The van der Waals surface area contributed by atoms with Gasteiger partial charge in [0, 0.05) is 12.5 Å². The van der Waals surface area contributed by atoms with Crippen molar-refractivity contribution in [3.8, 4) is 5.75 Å². The number of sulfone groups is 1. The van der Waals surface area contributed by atoms with Gasteiger partial charge in [-0.25, -0.2) is 13.2 Å². The number of esters is 1. The van der Waals surface area contributed by atoms with Gasteiger partial charge in [-0.05, 0) is 46.3 Å². The summed E-state index contributed by atoms with van der Waals surface area (Å²) in [5.41, 5.74) is 0.130. The van der Waals surface area contributed by atoms with Crippen LogP contribution in [0.4, 0.5) is 0 Å². The molecule has 1 aliphatic rings. The smallest absolute Gasteiger partial charge is 0.337 e. The van der Waals surface area contributed by atoms with E-state index in [1.54, 1.807) is 24.4 Å². The third-order valence-electron chi connectivity index (χ3n) is 2.82. The topological polar surface area (TPSA) is 81.7 Å². The summed E-state index contributed by atoms with van der Waals surface area (Å²) in [4.78, 5) is 11.5. The molecule has 1 aliphatic heterocycles. The van der Waals surface area contributed by atoms with E-state index >= 15 is 0 Å². The lowest BCUT2D eigenvalue weighted by atomic mass is 10.2. The highest BCUT2D eigenvalue weighted by Gasteiger charge is 2.28. The molecule has 8 heteroatoms. The molecule has 0 amide bonds. The van der Waals surface area contributed by atoms with E-state index in [2.05, 4.69) is 26.0 Å². The Bertz CT molecular complexity index is 756. The first-order chi connectivity index (χ1) is 10.2. The molecule has 0 saturated carbocycles. The van der Waals surface area contributed by atoms with Crippen molar-refractivity contribution in [2.24, 2.45) is 0 Å². The molecule has 0 aliphatic carbocycles. The largest absolute Gasteiger partial charge is 0.465 e. The van der Waals surface area contributed by atoms with E-state index in [9.17, 15) is 13.2 Å². The van der Waals surface area contributed by atoms with Crippen LogP contribution in [0.1, 0.15) is 10.4 Å². The highest BCUT2D eigenvalue weighted by Crippen LogP contribution is 2.31. The molecular formula is C14H14BrNO5S. The predicted molar refractivity (Wildman–Crippen MR) is 84.6 cm³/mol. The van der Waals surface area contributed by atoms with Crippen LogP contribution < -0.4 is 10.1 Å². The molecule has 2 rings (SSSR count). The molecule has 1 atom stereocenters. The van der Waals surface area contributed by atoms with Gasteiger partial charge in [0.25, 0.3) is 4.63 Å². The molecule has 1 aromatic rings. The number of rotatable bonds is 4. The monoisotopic (exact) mass is 387 g/mol. The van der Waals surface area contributed by atoms with Gasteiger partial charge in [0.2, 0.25) is 0 Å². The van der Waals surface area contributed by atoms with E-state index in [0.29, 0.717) is 0 Å². The van der Waals surface area contributed by atoms with E-state index in [1.165, 1.54) is 25.3 Å². The third-order valence-corrected chi connectivity index (χ3v) is 4.59. The highest BCUT2D eigenvalue weighted by atomic mass is 79.9. The molecule has 0 bridgehead atoms. The normalized spacial score (nSPS) is 20.3. The molecule has 0 fully saturated rings. The van der Waals surface area contributed by atoms with Crippen LogP contribution in [-0.4, -0.2) is 32.4 Å². The molecule has 1 unspecified atom stereocenters. The number of benzene rings is 1. The van der Waals surface area contributed by atoms with Crippen molar-refractivity contribution < 1.29 is 22.7 Å². The van der Waals surface area contributed by atoms with E-state index in [1.807, 2.05) is 0 Å². The molecule has 22 heavy (non-hydrogen) atoms. The molecule has 1 N–H and O–H groups in total. The third kappa shape index (κ3) is 3.69. The second-order valence-electron chi connectivity index (χ2n) is 4.53. The number of hydrogen-bond acceptors (Lipinski definition) is 6. The molecule has 1 heterocycles. The minimum absolute atomic E-state index is 0.0982. The Morgan fingerprint density at radius 1 is 1.32 bits per heavy atom. The SMILES string of the molecule is COC(=O)c1ccc(OC2(Br)C=CC=CN2)c(S(C)(=O)=O)c1. The van der Waals surface area contributed by atoms with Crippen molar-refractivity contribution >= 4 is 31.7 Å². The van der Waals surface area contributed by atoms with Crippen molar-refractivity contribution in [3.05, 3.63) is 48.2 Å². The Hall–Kier alpha value is -1.80. The lowest BCUT2D eigenvalue weighted by molar-refractivity contribution is 0.0600. The molecular weight excluding hydrogens is 374 g/mol. The van der Waals surface area contributed by atoms with Gasteiger partial charge in [0.05, 0.1) is 12.7 Å². The van der Waals surface area contributed by atoms with Crippen molar-refractivity contribution in [2.45, 2.75) is 9.53 Å². The van der Waals surface area contributed by atoms with Gasteiger partial charge in [-0.3, -0.25) is 0 Å². The molecule has 0 aromatic heterocycles. The summed E-state index contributed by atoms with van der Waals surface area (Å²) in [7, 11) is -2.37. The first kappa shape index (κ1) is 16.6. The number of allylic oxidation sites excluding steroid dienone is 2. The maximum absolute atomic E-state index is 12.0. The van der Waals surface area contributed by atoms with Crippen LogP contribution in [0.15, 0.2) is 47.5 Å². The van der Waals surface area contributed by atoms with Gasteiger partial charge in [0.1, 0.15) is 10.6 Å². The fourth-order valence-electron chi connectivity index (χ4n) is 1.80. The molecule has 0 radical (unpaired) electrons. The van der Waals surface area contributed by atoms with E-state index in [-0.39, 0.29) is 16.2 Å². The van der Waals surface area contributed by atoms with Crippen LogP contribution in [-0.2, 0) is 14.6 Å². The van der Waals surface area contributed by atoms with Gasteiger partial charge in [-0.15, -0.1) is 0 Å². The second kappa shape index (κ2) is 6.13. The number of ether oxygens (including phenoxy) is 2. The van der Waals surface area contributed by atoms with Crippen LogP contribution in [0.25, 0.3) is 0 Å². The van der Waals surface area contributed by atoms with Gasteiger partial charge < -0.3 is 14.8 Å². The summed E-state index contributed by atoms with van der Waals surface area (Å²) < 4.78 is 33.2. The number of alkyl halides is 1. The maximum Gasteiger partial charge on any atom is 0.337 e. The van der Waals surface area contributed by atoms with Crippen molar-refractivity contribution in [2.75, 3.05) is 13.4 Å². The Morgan fingerprint density at radius 3 is 2.59 bits per heavy atom. The molecule has 6 nitrogen and oxygen atoms in total. The van der Waals surface area contributed by atoms with E-state index in [4.69, 9.17) is 4.74 Å². The lowest BCUT2D eigenvalue weighted by Crippen LogP contribution is -2.41. The minimum Gasteiger partial charge on any atom is -0.465 e. The molecule has 0 saturated heterocycles. The van der Waals surface area contributed by atoms with Crippen molar-refractivity contribution in [1.29, 1.82) is 0 Å². The minimum atomic E-state index is -3.60. The number of halogens is 1.